The van der Waals surface area contributed by atoms with Crippen LogP contribution in [0.15, 0.2) is 48.5 Å². The van der Waals surface area contributed by atoms with Gasteiger partial charge in [0.05, 0.1) is 0 Å². The second-order valence-corrected chi connectivity index (χ2v) is 4.59. The van der Waals surface area contributed by atoms with Crippen LogP contribution in [-0.4, -0.2) is 12.2 Å². The van der Waals surface area contributed by atoms with Gasteiger partial charge in [0.1, 0.15) is 0 Å². The number of rotatable bonds is 3. The molecule has 0 aliphatic carbocycles. The second-order valence-electron chi connectivity index (χ2n) is 4.59. The normalized spacial score (nSPS) is 11.6. The van der Waals surface area contributed by atoms with Crippen molar-refractivity contribution in [3.63, 3.8) is 0 Å². The molecule has 0 aliphatic rings. The molecule has 0 spiro atoms. The molecule has 0 amide bonds. The largest absolute Gasteiger partial charge is 0.358 e. The van der Waals surface area contributed by atoms with Crippen LogP contribution in [0.25, 0.3) is 0 Å². The molecule has 0 unspecified atom stereocenters. The van der Waals surface area contributed by atoms with Crippen molar-refractivity contribution in [2.75, 3.05) is 7.11 Å². The van der Waals surface area contributed by atoms with Crippen molar-refractivity contribution in [1.82, 2.24) is 0 Å². The van der Waals surface area contributed by atoms with E-state index in [1.807, 2.05) is 62.4 Å². The Kier molecular flexibility index (Phi) is 3.50. The standard InChI is InChI=1S/C16H18O2/c1-12-6-4-8-14(10-12)16(17,18-3)15-9-5-7-13(2)11-15/h4-11,17H,1-3H3. The molecule has 94 valence electrons. The SMILES string of the molecule is COC(O)(c1cccc(C)c1)c1cccc(C)c1. The number of aliphatic hydroxyl groups is 1. The van der Waals surface area contributed by atoms with Gasteiger partial charge in [0.15, 0.2) is 0 Å². The number of hydrogen-bond donors (Lipinski definition) is 1. The lowest BCUT2D eigenvalue weighted by atomic mass is 9.95. The van der Waals surface area contributed by atoms with E-state index in [1.54, 1.807) is 0 Å². The average molecular weight is 242 g/mol. The van der Waals surface area contributed by atoms with Gasteiger partial charge in [-0.15, -0.1) is 0 Å². The molecule has 2 aromatic rings. The number of aryl methyl sites for hydroxylation is 2. The molecule has 0 saturated heterocycles. The molecule has 0 saturated carbocycles. The van der Waals surface area contributed by atoms with Crippen LogP contribution in [0, 0.1) is 13.8 Å². The summed E-state index contributed by atoms with van der Waals surface area (Å²) < 4.78 is 5.38. The first-order chi connectivity index (χ1) is 8.56. The molecule has 2 nitrogen and oxygen atoms in total. The predicted octanol–water partition coefficient (Wildman–Crippen LogP) is 3.14. The number of hydrogen-bond acceptors (Lipinski definition) is 2. The number of benzene rings is 2. The van der Waals surface area contributed by atoms with Gasteiger partial charge in [-0.2, -0.15) is 0 Å². The van der Waals surface area contributed by atoms with E-state index in [0.29, 0.717) is 0 Å². The van der Waals surface area contributed by atoms with Gasteiger partial charge in [-0.3, -0.25) is 0 Å². The van der Waals surface area contributed by atoms with Crippen LogP contribution in [-0.2, 0) is 10.5 Å². The van der Waals surface area contributed by atoms with Crippen molar-refractivity contribution >= 4 is 0 Å². The van der Waals surface area contributed by atoms with Gasteiger partial charge in [0, 0.05) is 18.2 Å². The van der Waals surface area contributed by atoms with Crippen molar-refractivity contribution in [3.05, 3.63) is 70.8 Å². The van der Waals surface area contributed by atoms with E-state index in [2.05, 4.69) is 0 Å². The first-order valence-corrected chi connectivity index (χ1v) is 5.98. The van der Waals surface area contributed by atoms with E-state index in [0.717, 1.165) is 22.3 Å². The quantitative estimate of drug-likeness (QED) is 0.838. The summed E-state index contributed by atoms with van der Waals surface area (Å²) in [5.41, 5.74) is 3.68. The van der Waals surface area contributed by atoms with Gasteiger partial charge in [-0.25, -0.2) is 0 Å². The third-order valence-electron chi connectivity index (χ3n) is 3.11. The molecule has 2 rings (SSSR count). The van der Waals surface area contributed by atoms with E-state index >= 15 is 0 Å². The highest BCUT2D eigenvalue weighted by molar-refractivity contribution is 5.37. The Morgan fingerprint density at radius 1 is 0.889 bits per heavy atom. The second kappa shape index (κ2) is 4.92. The summed E-state index contributed by atoms with van der Waals surface area (Å²) in [5, 5.41) is 10.8. The minimum Gasteiger partial charge on any atom is -0.358 e. The van der Waals surface area contributed by atoms with E-state index < -0.39 is 5.79 Å². The summed E-state index contributed by atoms with van der Waals surface area (Å²) >= 11 is 0. The Bertz CT molecular complexity index is 501. The fraction of sp³-hybridized carbons (Fsp3) is 0.250. The highest BCUT2D eigenvalue weighted by atomic mass is 16.6. The van der Waals surface area contributed by atoms with Gasteiger partial charge in [-0.1, -0.05) is 59.7 Å². The monoisotopic (exact) mass is 242 g/mol. The first kappa shape index (κ1) is 12.8. The maximum Gasteiger partial charge on any atom is 0.219 e. The van der Waals surface area contributed by atoms with Crippen LogP contribution < -0.4 is 0 Å². The Morgan fingerprint density at radius 3 is 1.67 bits per heavy atom. The summed E-state index contributed by atoms with van der Waals surface area (Å²) in [6, 6.07) is 15.5. The molecule has 0 atom stereocenters. The van der Waals surface area contributed by atoms with Crippen LogP contribution in [0.1, 0.15) is 22.3 Å². The lowest BCUT2D eigenvalue weighted by Gasteiger charge is -2.28. The van der Waals surface area contributed by atoms with E-state index in [-0.39, 0.29) is 0 Å². The Balaban J connectivity index is 2.54. The molecule has 1 N–H and O–H groups in total. The van der Waals surface area contributed by atoms with Crippen molar-refractivity contribution in [3.8, 4) is 0 Å². The van der Waals surface area contributed by atoms with Crippen molar-refractivity contribution in [2.24, 2.45) is 0 Å². The van der Waals surface area contributed by atoms with Crippen LogP contribution in [0.4, 0.5) is 0 Å². The van der Waals surface area contributed by atoms with Crippen molar-refractivity contribution in [2.45, 2.75) is 19.6 Å². The zero-order chi connectivity index (χ0) is 13.2. The van der Waals surface area contributed by atoms with Crippen molar-refractivity contribution < 1.29 is 9.84 Å². The van der Waals surface area contributed by atoms with Gasteiger partial charge >= 0.3 is 0 Å². The first-order valence-electron chi connectivity index (χ1n) is 5.98. The Hall–Kier alpha value is -1.64. The maximum absolute atomic E-state index is 10.8. The molecule has 0 aliphatic heterocycles. The summed E-state index contributed by atoms with van der Waals surface area (Å²) in [6.07, 6.45) is 0. The molecule has 0 aromatic heterocycles. The molecular weight excluding hydrogens is 224 g/mol. The minimum atomic E-state index is -1.39. The zero-order valence-corrected chi connectivity index (χ0v) is 11.0. The zero-order valence-electron chi connectivity index (χ0n) is 11.0. The number of methoxy groups -OCH3 is 1. The lowest BCUT2D eigenvalue weighted by molar-refractivity contribution is -0.159. The topological polar surface area (TPSA) is 29.5 Å². The number of ether oxygens (including phenoxy) is 1. The summed E-state index contributed by atoms with van der Waals surface area (Å²) in [4.78, 5) is 0. The smallest absolute Gasteiger partial charge is 0.219 e. The van der Waals surface area contributed by atoms with Gasteiger partial charge in [0.2, 0.25) is 5.79 Å². The molecule has 18 heavy (non-hydrogen) atoms. The van der Waals surface area contributed by atoms with Crippen molar-refractivity contribution in [1.29, 1.82) is 0 Å². The Labute approximate surface area is 108 Å². The highest BCUT2D eigenvalue weighted by Gasteiger charge is 2.31. The summed E-state index contributed by atoms with van der Waals surface area (Å²) in [5.74, 6) is -1.39. The van der Waals surface area contributed by atoms with Crippen LogP contribution >= 0.6 is 0 Å². The molecular formula is C16H18O2. The van der Waals surface area contributed by atoms with E-state index in [4.69, 9.17) is 4.74 Å². The van der Waals surface area contributed by atoms with E-state index in [1.165, 1.54) is 7.11 Å². The third-order valence-corrected chi connectivity index (χ3v) is 3.11. The third kappa shape index (κ3) is 2.30. The predicted molar refractivity (Wildman–Crippen MR) is 72.4 cm³/mol. The molecule has 0 radical (unpaired) electrons. The molecule has 0 bridgehead atoms. The van der Waals surface area contributed by atoms with Crippen LogP contribution in [0.2, 0.25) is 0 Å². The molecule has 2 heteroatoms. The summed E-state index contributed by atoms with van der Waals surface area (Å²) in [6.45, 7) is 3.99. The summed E-state index contributed by atoms with van der Waals surface area (Å²) in [7, 11) is 1.52. The average Bonchev–Trinajstić information content (AvgIpc) is 2.38. The fourth-order valence-electron chi connectivity index (χ4n) is 2.11. The molecule has 0 fully saturated rings. The Morgan fingerprint density at radius 2 is 1.33 bits per heavy atom. The lowest BCUT2D eigenvalue weighted by Crippen LogP contribution is -2.29. The molecule has 0 heterocycles. The van der Waals surface area contributed by atoms with Gasteiger partial charge < -0.3 is 9.84 Å². The van der Waals surface area contributed by atoms with Crippen LogP contribution in [0.5, 0.6) is 0 Å². The minimum absolute atomic E-state index is 0.746. The highest BCUT2D eigenvalue weighted by Crippen LogP contribution is 2.31. The van der Waals surface area contributed by atoms with Crippen LogP contribution in [0.3, 0.4) is 0 Å². The fourth-order valence-corrected chi connectivity index (χ4v) is 2.11. The van der Waals surface area contributed by atoms with Gasteiger partial charge in [-0.05, 0) is 13.8 Å². The molecule has 2 aromatic carbocycles. The maximum atomic E-state index is 10.8. The van der Waals surface area contributed by atoms with E-state index in [9.17, 15) is 5.11 Å². The van der Waals surface area contributed by atoms with Gasteiger partial charge in [0.25, 0.3) is 0 Å².